The molecule has 2 N–H and O–H groups in total. The van der Waals surface area contributed by atoms with E-state index < -0.39 is 31.3 Å². The smallest absolute Gasteiger partial charge is 0.405 e. The monoisotopic (exact) mass is 345 g/mol. The maximum atomic E-state index is 11.9. The highest BCUT2D eigenvalue weighted by molar-refractivity contribution is 5.95. The number of imide groups is 1. The molecular weight excluding hydrogens is 331 g/mol. The zero-order valence-corrected chi connectivity index (χ0v) is 12.6. The van der Waals surface area contributed by atoms with Crippen LogP contribution in [0.1, 0.15) is 12.5 Å². The molecular formula is C14H14F3N3O4. The fraction of sp³-hybridized carbons (Fsp3) is 0.357. The van der Waals surface area contributed by atoms with Crippen LogP contribution in [0.5, 0.6) is 11.5 Å². The number of carbonyl (C=O) groups excluding carboxylic acids is 2. The van der Waals surface area contributed by atoms with E-state index in [-0.39, 0.29) is 18.1 Å². The van der Waals surface area contributed by atoms with Crippen molar-refractivity contribution in [1.29, 1.82) is 5.26 Å². The Balaban J connectivity index is 2.55. The Morgan fingerprint density at radius 2 is 1.96 bits per heavy atom. The van der Waals surface area contributed by atoms with E-state index >= 15 is 0 Å². The normalized spacial score (nSPS) is 10.5. The Kier molecular flexibility index (Phi) is 6.85. The molecule has 0 unspecified atom stereocenters. The Morgan fingerprint density at radius 1 is 1.25 bits per heavy atom. The number of hydrogen-bond acceptors (Lipinski definition) is 5. The Labute approximate surface area is 135 Å². The van der Waals surface area contributed by atoms with Gasteiger partial charge in [-0.25, -0.2) is 4.79 Å². The van der Waals surface area contributed by atoms with E-state index in [1.54, 1.807) is 12.2 Å². The lowest BCUT2D eigenvalue weighted by Crippen LogP contribution is -2.44. The van der Waals surface area contributed by atoms with E-state index in [1.807, 2.05) is 6.07 Å². The average Bonchev–Trinajstić information content (AvgIpc) is 2.51. The first kappa shape index (κ1) is 19.1. The summed E-state index contributed by atoms with van der Waals surface area (Å²) in [4.78, 5) is 22.6. The molecule has 24 heavy (non-hydrogen) atoms. The van der Waals surface area contributed by atoms with Gasteiger partial charge in [0.25, 0.3) is 5.91 Å². The number of rotatable bonds is 6. The molecule has 3 amide bonds. The zero-order chi connectivity index (χ0) is 18.2. The van der Waals surface area contributed by atoms with Crippen molar-refractivity contribution in [3.63, 3.8) is 0 Å². The van der Waals surface area contributed by atoms with E-state index in [0.29, 0.717) is 5.56 Å². The van der Waals surface area contributed by atoms with Gasteiger partial charge in [0, 0.05) is 6.07 Å². The molecule has 1 aromatic carbocycles. The molecule has 0 heterocycles. The van der Waals surface area contributed by atoms with Crippen molar-refractivity contribution in [2.75, 3.05) is 19.8 Å². The average molecular weight is 345 g/mol. The van der Waals surface area contributed by atoms with Crippen molar-refractivity contribution in [3.8, 4) is 17.6 Å². The third-order valence-corrected chi connectivity index (χ3v) is 2.43. The number of benzene rings is 1. The molecule has 0 atom stereocenters. The zero-order valence-electron chi connectivity index (χ0n) is 12.6. The standard InChI is InChI=1S/C14H14F3N3O4/c1-2-23-11-5-9(6-18)3-4-10(11)24-7-12(21)20-13(22)19-8-14(15,16)17/h3-5H,2,7-8H2,1H3,(H2,19,20,21,22). The van der Waals surface area contributed by atoms with Gasteiger partial charge < -0.3 is 14.8 Å². The van der Waals surface area contributed by atoms with Crippen LogP contribution in [0.15, 0.2) is 18.2 Å². The second-order valence-corrected chi connectivity index (χ2v) is 4.34. The van der Waals surface area contributed by atoms with Gasteiger partial charge in [0.2, 0.25) is 0 Å². The minimum Gasteiger partial charge on any atom is -0.490 e. The summed E-state index contributed by atoms with van der Waals surface area (Å²) in [7, 11) is 0. The number of ether oxygens (including phenoxy) is 2. The summed E-state index contributed by atoms with van der Waals surface area (Å²) in [5.74, 6) is -0.561. The van der Waals surface area contributed by atoms with Gasteiger partial charge in [-0.1, -0.05) is 0 Å². The van der Waals surface area contributed by atoms with Crippen LogP contribution in [-0.2, 0) is 4.79 Å². The van der Waals surface area contributed by atoms with Crippen LogP contribution in [0.3, 0.4) is 0 Å². The quantitative estimate of drug-likeness (QED) is 0.818. The van der Waals surface area contributed by atoms with E-state index in [1.165, 1.54) is 23.5 Å². The van der Waals surface area contributed by atoms with E-state index in [2.05, 4.69) is 0 Å². The lowest BCUT2D eigenvalue weighted by atomic mass is 10.2. The van der Waals surface area contributed by atoms with E-state index in [4.69, 9.17) is 14.7 Å². The van der Waals surface area contributed by atoms with Crippen LogP contribution < -0.4 is 20.1 Å². The molecule has 7 nitrogen and oxygen atoms in total. The van der Waals surface area contributed by atoms with Crippen LogP contribution >= 0.6 is 0 Å². The molecule has 0 aliphatic heterocycles. The lowest BCUT2D eigenvalue weighted by Gasteiger charge is -2.12. The fourth-order valence-electron chi connectivity index (χ4n) is 1.50. The third kappa shape index (κ3) is 6.87. The largest absolute Gasteiger partial charge is 0.490 e. The summed E-state index contributed by atoms with van der Waals surface area (Å²) in [6, 6.07) is 4.87. The van der Waals surface area contributed by atoms with Gasteiger partial charge in [-0.2, -0.15) is 18.4 Å². The first-order valence-corrected chi connectivity index (χ1v) is 6.69. The summed E-state index contributed by atoms with van der Waals surface area (Å²) in [6.45, 7) is -0.180. The van der Waals surface area contributed by atoms with Gasteiger partial charge in [0.15, 0.2) is 18.1 Å². The van der Waals surface area contributed by atoms with E-state index in [0.717, 1.165) is 0 Å². The minimum absolute atomic E-state index is 0.154. The van der Waals surface area contributed by atoms with Gasteiger partial charge in [0.05, 0.1) is 18.2 Å². The molecule has 0 saturated carbocycles. The van der Waals surface area contributed by atoms with Crippen LogP contribution in [0.25, 0.3) is 0 Å². The maximum Gasteiger partial charge on any atom is 0.405 e. The van der Waals surface area contributed by atoms with Crippen molar-refractivity contribution in [3.05, 3.63) is 23.8 Å². The summed E-state index contributed by atoms with van der Waals surface area (Å²) in [5, 5.41) is 12.0. The molecule has 0 saturated heterocycles. The second kappa shape index (κ2) is 8.61. The van der Waals surface area contributed by atoms with Gasteiger partial charge in [-0.15, -0.1) is 0 Å². The van der Waals surface area contributed by atoms with Crippen molar-refractivity contribution in [2.24, 2.45) is 0 Å². The number of nitriles is 1. The molecule has 1 rings (SSSR count). The van der Waals surface area contributed by atoms with Gasteiger partial charge in [-0.05, 0) is 19.1 Å². The molecule has 0 fully saturated rings. The number of amides is 3. The Bertz CT molecular complexity index is 641. The SMILES string of the molecule is CCOc1cc(C#N)ccc1OCC(=O)NC(=O)NCC(F)(F)F. The second-order valence-electron chi connectivity index (χ2n) is 4.34. The summed E-state index contributed by atoms with van der Waals surface area (Å²) in [5.41, 5.74) is 0.321. The topological polar surface area (TPSA) is 100 Å². The number of hydrogen-bond donors (Lipinski definition) is 2. The highest BCUT2D eigenvalue weighted by Gasteiger charge is 2.28. The number of halogens is 3. The molecule has 0 aromatic heterocycles. The van der Waals surface area contributed by atoms with Crippen LogP contribution in [0.2, 0.25) is 0 Å². The van der Waals surface area contributed by atoms with Gasteiger partial charge in [-0.3, -0.25) is 10.1 Å². The molecule has 10 heteroatoms. The highest BCUT2D eigenvalue weighted by Crippen LogP contribution is 2.28. The molecule has 0 radical (unpaired) electrons. The molecule has 0 spiro atoms. The molecule has 130 valence electrons. The number of urea groups is 1. The maximum absolute atomic E-state index is 11.9. The Morgan fingerprint density at radius 3 is 2.54 bits per heavy atom. The first-order chi connectivity index (χ1) is 11.2. The first-order valence-electron chi connectivity index (χ1n) is 6.69. The van der Waals surface area contributed by atoms with Crippen molar-refractivity contribution >= 4 is 11.9 Å². The third-order valence-electron chi connectivity index (χ3n) is 2.43. The van der Waals surface area contributed by atoms with E-state index in [9.17, 15) is 22.8 Å². The number of carbonyl (C=O) groups is 2. The number of nitrogens with one attached hydrogen (secondary N) is 2. The fourth-order valence-corrected chi connectivity index (χ4v) is 1.50. The molecule has 0 bridgehead atoms. The summed E-state index contributed by atoms with van der Waals surface area (Å²) < 4.78 is 46.1. The van der Waals surface area contributed by atoms with Gasteiger partial charge in [0.1, 0.15) is 6.54 Å². The lowest BCUT2D eigenvalue weighted by molar-refractivity contribution is -0.125. The minimum atomic E-state index is -4.58. The molecule has 0 aliphatic carbocycles. The van der Waals surface area contributed by atoms with Crippen LogP contribution in [0, 0.1) is 11.3 Å². The van der Waals surface area contributed by atoms with Crippen molar-refractivity contribution < 1.29 is 32.2 Å². The predicted molar refractivity (Wildman–Crippen MR) is 75.4 cm³/mol. The van der Waals surface area contributed by atoms with Gasteiger partial charge >= 0.3 is 12.2 Å². The number of alkyl halides is 3. The Hall–Kier alpha value is -2.96. The summed E-state index contributed by atoms with van der Waals surface area (Å²) >= 11 is 0. The highest BCUT2D eigenvalue weighted by atomic mass is 19.4. The van der Waals surface area contributed by atoms with Crippen molar-refractivity contribution in [1.82, 2.24) is 10.6 Å². The van der Waals surface area contributed by atoms with Crippen molar-refractivity contribution in [2.45, 2.75) is 13.1 Å². The molecule has 1 aromatic rings. The predicted octanol–water partition coefficient (Wildman–Crippen LogP) is 1.72. The molecule has 0 aliphatic rings. The summed E-state index contributed by atoms with van der Waals surface area (Å²) in [6.07, 6.45) is -4.58. The van der Waals surface area contributed by atoms with Crippen LogP contribution in [-0.4, -0.2) is 37.9 Å². The van der Waals surface area contributed by atoms with Crippen LogP contribution in [0.4, 0.5) is 18.0 Å². The number of nitrogens with zero attached hydrogens (tertiary/aromatic N) is 1.